The highest BCUT2D eigenvalue weighted by atomic mass is 19.3. The average molecular weight is 370 g/mol. The van der Waals surface area contributed by atoms with E-state index in [9.17, 15) is 8.78 Å². The molecule has 0 aliphatic heterocycles. The fourth-order valence-corrected chi connectivity index (χ4v) is 2.63. The molecule has 0 saturated heterocycles. The molecule has 0 aliphatic carbocycles. The van der Waals surface area contributed by atoms with E-state index in [-0.39, 0.29) is 6.42 Å². The standard InChI is InChI=1S/C21H24F2N4/c1-4-14(3)26-13-18(24)20-16(5-2)10-11-25-21(20)27-17-8-6-15(7-9-17)12-19(22)23/h4,6-11,19,24,26H,1,3,5,12-13H2,2H3,(H,25,27). The van der Waals surface area contributed by atoms with Gasteiger partial charge in [-0.1, -0.05) is 32.2 Å². The van der Waals surface area contributed by atoms with Crippen molar-refractivity contribution in [2.75, 3.05) is 11.9 Å². The zero-order valence-corrected chi connectivity index (χ0v) is 15.4. The van der Waals surface area contributed by atoms with Gasteiger partial charge in [-0.3, -0.25) is 0 Å². The predicted molar refractivity (Wildman–Crippen MR) is 107 cm³/mol. The van der Waals surface area contributed by atoms with Crippen LogP contribution in [0, 0.1) is 5.41 Å². The summed E-state index contributed by atoms with van der Waals surface area (Å²) in [7, 11) is 0. The van der Waals surface area contributed by atoms with Gasteiger partial charge in [0.1, 0.15) is 5.82 Å². The molecule has 27 heavy (non-hydrogen) atoms. The van der Waals surface area contributed by atoms with E-state index in [1.165, 1.54) is 0 Å². The zero-order chi connectivity index (χ0) is 19.8. The number of nitrogens with one attached hydrogen (secondary N) is 3. The summed E-state index contributed by atoms with van der Waals surface area (Å²) in [6, 6.07) is 8.70. The van der Waals surface area contributed by atoms with Crippen molar-refractivity contribution in [2.45, 2.75) is 26.2 Å². The van der Waals surface area contributed by atoms with Crippen LogP contribution in [0.4, 0.5) is 20.3 Å². The lowest BCUT2D eigenvalue weighted by Gasteiger charge is -2.16. The Labute approximate surface area is 158 Å². The van der Waals surface area contributed by atoms with Gasteiger partial charge < -0.3 is 16.0 Å². The van der Waals surface area contributed by atoms with Crippen LogP contribution < -0.4 is 10.6 Å². The molecular weight excluding hydrogens is 346 g/mol. The smallest absolute Gasteiger partial charge is 0.242 e. The number of hydrogen-bond acceptors (Lipinski definition) is 4. The lowest BCUT2D eigenvalue weighted by atomic mass is 10.0. The molecule has 6 heteroatoms. The fourth-order valence-electron chi connectivity index (χ4n) is 2.63. The first-order valence-electron chi connectivity index (χ1n) is 8.69. The second-order valence-corrected chi connectivity index (χ2v) is 6.03. The molecule has 4 nitrogen and oxygen atoms in total. The first kappa shape index (κ1) is 20.3. The molecule has 142 valence electrons. The molecule has 1 aromatic carbocycles. The number of aromatic nitrogens is 1. The van der Waals surface area contributed by atoms with E-state index in [0.29, 0.717) is 29.3 Å². The summed E-state index contributed by atoms with van der Waals surface area (Å²) in [5.41, 5.74) is 4.04. The Balaban J connectivity index is 2.24. The minimum atomic E-state index is -2.36. The van der Waals surface area contributed by atoms with Gasteiger partial charge in [-0.05, 0) is 41.8 Å². The molecule has 0 radical (unpaired) electrons. The Kier molecular flexibility index (Phi) is 7.23. The highest BCUT2D eigenvalue weighted by Crippen LogP contribution is 2.23. The van der Waals surface area contributed by atoms with Crippen molar-refractivity contribution in [3.05, 3.63) is 78.1 Å². The van der Waals surface area contributed by atoms with Crippen LogP contribution in [0.25, 0.3) is 0 Å². The van der Waals surface area contributed by atoms with Gasteiger partial charge in [0.2, 0.25) is 6.43 Å². The third kappa shape index (κ3) is 5.74. The van der Waals surface area contributed by atoms with Crippen LogP contribution in [0.3, 0.4) is 0 Å². The van der Waals surface area contributed by atoms with Crippen LogP contribution >= 0.6 is 0 Å². The minimum absolute atomic E-state index is 0.265. The van der Waals surface area contributed by atoms with Crippen molar-refractivity contribution in [3.8, 4) is 0 Å². The molecule has 0 aliphatic rings. The maximum atomic E-state index is 12.5. The highest BCUT2D eigenvalue weighted by molar-refractivity contribution is 6.05. The van der Waals surface area contributed by atoms with E-state index in [2.05, 4.69) is 28.8 Å². The van der Waals surface area contributed by atoms with Crippen molar-refractivity contribution in [1.82, 2.24) is 10.3 Å². The van der Waals surface area contributed by atoms with Gasteiger partial charge >= 0.3 is 0 Å². The molecule has 0 saturated carbocycles. The van der Waals surface area contributed by atoms with Crippen LogP contribution in [0.2, 0.25) is 0 Å². The number of benzene rings is 1. The van der Waals surface area contributed by atoms with Gasteiger partial charge in [-0.2, -0.15) is 0 Å². The maximum absolute atomic E-state index is 12.5. The Hall–Kier alpha value is -3.02. The third-order valence-electron chi connectivity index (χ3n) is 4.07. The molecule has 3 N–H and O–H groups in total. The van der Waals surface area contributed by atoms with Gasteiger partial charge in [-0.15, -0.1) is 0 Å². The predicted octanol–water partition coefficient (Wildman–Crippen LogP) is 4.85. The molecule has 0 bridgehead atoms. The lowest BCUT2D eigenvalue weighted by Crippen LogP contribution is -2.23. The lowest BCUT2D eigenvalue weighted by molar-refractivity contribution is 0.149. The van der Waals surface area contributed by atoms with E-state index >= 15 is 0 Å². The molecular formula is C21H24F2N4. The second kappa shape index (κ2) is 9.62. The van der Waals surface area contributed by atoms with Crippen molar-refractivity contribution in [3.63, 3.8) is 0 Å². The average Bonchev–Trinajstić information content (AvgIpc) is 2.66. The Morgan fingerprint density at radius 3 is 2.56 bits per heavy atom. The largest absolute Gasteiger partial charge is 0.380 e. The quantitative estimate of drug-likeness (QED) is 0.414. The first-order chi connectivity index (χ1) is 12.9. The topological polar surface area (TPSA) is 60.8 Å². The summed E-state index contributed by atoms with van der Waals surface area (Å²) in [4.78, 5) is 4.38. The summed E-state index contributed by atoms with van der Waals surface area (Å²) in [5, 5.41) is 14.7. The maximum Gasteiger partial charge on any atom is 0.242 e. The number of nitrogens with zero attached hydrogens (tertiary/aromatic N) is 1. The number of anilines is 2. The van der Waals surface area contributed by atoms with Gasteiger partial charge in [0, 0.05) is 29.6 Å². The molecule has 0 amide bonds. The Bertz CT molecular complexity index is 813. The molecule has 2 rings (SSSR count). The second-order valence-electron chi connectivity index (χ2n) is 6.03. The summed E-state index contributed by atoms with van der Waals surface area (Å²) >= 11 is 0. The SMILES string of the molecule is C=CC(=C)NCC(=N)c1c(CC)ccnc1Nc1ccc(CC(F)F)cc1. The number of halogens is 2. The fraction of sp³-hybridized carbons (Fsp3) is 0.238. The molecule has 0 fully saturated rings. The normalized spacial score (nSPS) is 10.5. The number of rotatable bonds is 10. The Morgan fingerprint density at radius 2 is 1.96 bits per heavy atom. The number of hydrogen-bond donors (Lipinski definition) is 3. The highest BCUT2D eigenvalue weighted by Gasteiger charge is 2.14. The van der Waals surface area contributed by atoms with Gasteiger partial charge in [0.25, 0.3) is 0 Å². The molecule has 0 spiro atoms. The van der Waals surface area contributed by atoms with Gasteiger partial charge in [0.05, 0.1) is 12.3 Å². The van der Waals surface area contributed by atoms with E-state index in [4.69, 9.17) is 5.41 Å². The van der Waals surface area contributed by atoms with Crippen molar-refractivity contribution in [1.29, 1.82) is 5.41 Å². The van der Waals surface area contributed by atoms with E-state index in [1.54, 1.807) is 36.5 Å². The van der Waals surface area contributed by atoms with Crippen LogP contribution in [0.1, 0.15) is 23.6 Å². The number of aryl methyl sites for hydroxylation is 1. The number of alkyl halides is 2. The van der Waals surface area contributed by atoms with Gasteiger partial charge in [-0.25, -0.2) is 13.8 Å². The van der Waals surface area contributed by atoms with Crippen LogP contribution in [0.15, 0.2) is 61.5 Å². The number of pyridine rings is 1. The van der Waals surface area contributed by atoms with Crippen LogP contribution in [0.5, 0.6) is 0 Å². The molecule has 0 unspecified atom stereocenters. The van der Waals surface area contributed by atoms with Crippen molar-refractivity contribution in [2.24, 2.45) is 0 Å². The molecule has 0 atom stereocenters. The van der Waals surface area contributed by atoms with Crippen molar-refractivity contribution >= 4 is 17.2 Å². The van der Waals surface area contributed by atoms with Crippen molar-refractivity contribution < 1.29 is 8.78 Å². The van der Waals surface area contributed by atoms with Crippen LogP contribution in [-0.4, -0.2) is 23.7 Å². The van der Waals surface area contributed by atoms with E-state index in [1.807, 2.05) is 13.0 Å². The van der Waals surface area contributed by atoms with E-state index < -0.39 is 6.43 Å². The minimum Gasteiger partial charge on any atom is -0.380 e. The Morgan fingerprint density at radius 1 is 1.26 bits per heavy atom. The number of allylic oxidation sites excluding steroid dienone is 1. The molecule has 1 heterocycles. The summed E-state index contributed by atoms with van der Waals surface area (Å²) in [6.07, 6.45) is 1.41. The summed E-state index contributed by atoms with van der Waals surface area (Å²) in [5.74, 6) is 0.562. The zero-order valence-electron chi connectivity index (χ0n) is 15.4. The summed E-state index contributed by atoms with van der Waals surface area (Å²) < 4.78 is 25.0. The molecule has 1 aromatic heterocycles. The third-order valence-corrected chi connectivity index (χ3v) is 4.07. The van der Waals surface area contributed by atoms with E-state index in [0.717, 1.165) is 23.2 Å². The molecule has 2 aromatic rings. The first-order valence-corrected chi connectivity index (χ1v) is 8.69. The summed E-state index contributed by atoms with van der Waals surface area (Å²) in [6.45, 7) is 9.75. The monoisotopic (exact) mass is 370 g/mol. The van der Waals surface area contributed by atoms with Gasteiger partial charge in [0.15, 0.2) is 0 Å². The van der Waals surface area contributed by atoms with Crippen LogP contribution in [-0.2, 0) is 12.8 Å².